The van der Waals surface area contributed by atoms with Crippen LogP contribution in [0.3, 0.4) is 0 Å². The molecule has 0 atom stereocenters. The Balaban J connectivity index is 1.85. The third-order valence-electron chi connectivity index (χ3n) is 2.61. The number of anilines is 1. The van der Waals surface area contributed by atoms with Crippen molar-refractivity contribution >= 4 is 40.1 Å². The third kappa shape index (κ3) is 2.62. The maximum atomic E-state index is 5.87. The highest BCUT2D eigenvalue weighted by Crippen LogP contribution is 2.21. The van der Waals surface area contributed by atoms with Gasteiger partial charge in [0.2, 0.25) is 5.28 Å². The first-order chi connectivity index (χ1) is 9.22. The summed E-state index contributed by atoms with van der Waals surface area (Å²) in [6.45, 7) is 0.533. The molecule has 0 aromatic carbocycles. The Morgan fingerprint density at radius 2 is 2.05 bits per heavy atom. The minimum absolute atomic E-state index is 0.196. The Morgan fingerprint density at radius 3 is 2.84 bits per heavy atom. The van der Waals surface area contributed by atoms with E-state index in [9.17, 15) is 0 Å². The molecular formula is C12H9Cl2N5. The zero-order chi connectivity index (χ0) is 13.2. The fraction of sp³-hybridized carbons (Fsp3) is 0.0833. The number of halogens is 2. The van der Waals surface area contributed by atoms with E-state index in [0.717, 1.165) is 11.1 Å². The SMILES string of the molecule is Clc1ccc(CNc2nc(Cl)nc3[nH]ccc23)nc1. The first-order valence-corrected chi connectivity index (χ1v) is 6.33. The summed E-state index contributed by atoms with van der Waals surface area (Å²) in [6.07, 6.45) is 3.40. The summed E-state index contributed by atoms with van der Waals surface area (Å²) in [5, 5.41) is 4.89. The van der Waals surface area contributed by atoms with Gasteiger partial charge in [-0.2, -0.15) is 4.98 Å². The van der Waals surface area contributed by atoms with Crippen LogP contribution in [0.4, 0.5) is 5.82 Å². The molecule has 3 rings (SSSR count). The van der Waals surface area contributed by atoms with E-state index < -0.39 is 0 Å². The smallest absolute Gasteiger partial charge is 0.226 e. The lowest BCUT2D eigenvalue weighted by molar-refractivity contribution is 1.03. The molecule has 19 heavy (non-hydrogen) atoms. The van der Waals surface area contributed by atoms with Gasteiger partial charge in [-0.1, -0.05) is 11.6 Å². The number of aromatic nitrogens is 4. The molecule has 0 saturated heterocycles. The molecule has 0 aliphatic rings. The number of hydrogen-bond donors (Lipinski definition) is 2. The maximum absolute atomic E-state index is 5.87. The molecule has 0 spiro atoms. The summed E-state index contributed by atoms with van der Waals surface area (Å²) in [7, 11) is 0. The van der Waals surface area contributed by atoms with Gasteiger partial charge >= 0.3 is 0 Å². The van der Waals surface area contributed by atoms with Crippen molar-refractivity contribution in [2.75, 3.05) is 5.32 Å². The van der Waals surface area contributed by atoms with Gasteiger partial charge in [-0.3, -0.25) is 4.98 Å². The van der Waals surface area contributed by atoms with E-state index >= 15 is 0 Å². The predicted octanol–water partition coefficient (Wildman–Crippen LogP) is 3.27. The van der Waals surface area contributed by atoms with E-state index in [2.05, 4.69) is 25.3 Å². The van der Waals surface area contributed by atoms with E-state index in [-0.39, 0.29) is 5.28 Å². The van der Waals surface area contributed by atoms with Crippen LogP contribution in [0, 0.1) is 0 Å². The fourth-order valence-corrected chi connectivity index (χ4v) is 2.01. The maximum Gasteiger partial charge on any atom is 0.226 e. The van der Waals surface area contributed by atoms with Gasteiger partial charge in [0, 0.05) is 12.4 Å². The molecule has 7 heteroatoms. The molecule has 2 N–H and O–H groups in total. The van der Waals surface area contributed by atoms with Crippen molar-refractivity contribution in [1.82, 2.24) is 19.9 Å². The Bertz CT molecular complexity index is 708. The second kappa shape index (κ2) is 5.03. The topological polar surface area (TPSA) is 66.5 Å². The van der Waals surface area contributed by atoms with Gasteiger partial charge in [0.25, 0.3) is 0 Å². The van der Waals surface area contributed by atoms with Crippen LogP contribution in [-0.2, 0) is 6.54 Å². The zero-order valence-electron chi connectivity index (χ0n) is 9.69. The van der Waals surface area contributed by atoms with Gasteiger partial charge in [-0.25, -0.2) is 4.98 Å². The van der Waals surface area contributed by atoms with Crippen LogP contribution in [0.25, 0.3) is 11.0 Å². The highest BCUT2D eigenvalue weighted by atomic mass is 35.5. The number of H-pyrrole nitrogens is 1. The van der Waals surface area contributed by atoms with Crippen molar-refractivity contribution in [2.24, 2.45) is 0 Å². The lowest BCUT2D eigenvalue weighted by Gasteiger charge is -2.06. The van der Waals surface area contributed by atoms with Crippen LogP contribution < -0.4 is 5.32 Å². The lowest BCUT2D eigenvalue weighted by atomic mass is 10.3. The molecule has 96 valence electrons. The molecular weight excluding hydrogens is 285 g/mol. The average molecular weight is 294 g/mol. The molecule has 0 amide bonds. The monoisotopic (exact) mass is 293 g/mol. The number of nitrogens with zero attached hydrogens (tertiary/aromatic N) is 3. The summed E-state index contributed by atoms with van der Waals surface area (Å²) >= 11 is 11.7. The van der Waals surface area contributed by atoms with E-state index in [1.165, 1.54) is 0 Å². The number of aromatic amines is 1. The Kier molecular flexibility index (Phi) is 3.23. The zero-order valence-corrected chi connectivity index (χ0v) is 11.2. The highest BCUT2D eigenvalue weighted by molar-refractivity contribution is 6.30. The molecule has 0 bridgehead atoms. The Morgan fingerprint density at radius 1 is 1.16 bits per heavy atom. The molecule has 3 heterocycles. The van der Waals surface area contributed by atoms with Gasteiger partial charge in [-0.05, 0) is 29.8 Å². The minimum Gasteiger partial charge on any atom is -0.364 e. The Labute approximate surface area is 119 Å². The largest absolute Gasteiger partial charge is 0.364 e. The van der Waals surface area contributed by atoms with E-state index in [4.69, 9.17) is 23.2 Å². The number of fused-ring (bicyclic) bond motifs is 1. The molecule has 0 fully saturated rings. The summed E-state index contributed by atoms with van der Waals surface area (Å²) in [5.74, 6) is 0.674. The third-order valence-corrected chi connectivity index (χ3v) is 3.01. The number of rotatable bonds is 3. The summed E-state index contributed by atoms with van der Waals surface area (Å²) < 4.78 is 0. The fourth-order valence-electron chi connectivity index (χ4n) is 1.73. The van der Waals surface area contributed by atoms with E-state index in [1.807, 2.05) is 12.1 Å². The first-order valence-electron chi connectivity index (χ1n) is 5.57. The van der Waals surface area contributed by atoms with E-state index in [1.54, 1.807) is 18.5 Å². The Hall–Kier alpha value is -1.85. The van der Waals surface area contributed by atoms with Crippen molar-refractivity contribution in [3.63, 3.8) is 0 Å². The van der Waals surface area contributed by atoms with Crippen LogP contribution in [-0.4, -0.2) is 19.9 Å². The standard InChI is InChI=1S/C12H9Cl2N5/c13-7-1-2-8(16-5-7)6-17-11-9-3-4-15-10(9)18-12(14)19-11/h1-5H,6H2,(H2,15,17,18,19). The van der Waals surface area contributed by atoms with E-state index in [0.29, 0.717) is 23.0 Å². The molecule has 5 nitrogen and oxygen atoms in total. The lowest BCUT2D eigenvalue weighted by Crippen LogP contribution is -2.04. The normalized spacial score (nSPS) is 10.8. The van der Waals surface area contributed by atoms with Crippen molar-refractivity contribution in [3.8, 4) is 0 Å². The molecule has 0 aliphatic heterocycles. The van der Waals surface area contributed by atoms with Crippen molar-refractivity contribution < 1.29 is 0 Å². The van der Waals surface area contributed by atoms with Crippen molar-refractivity contribution in [1.29, 1.82) is 0 Å². The molecule has 0 radical (unpaired) electrons. The van der Waals surface area contributed by atoms with Gasteiger partial charge in [0.05, 0.1) is 22.6 Å². The van der Waals surface area contributed by atoms with Crippen LogP contribution in [0.15, 0.2) is 30.6 Å². The minimum atomic E-state index is 0.196. The molecule has 0 saturated carbocycles. The molecule has 3 aromatic rings. The summed E-state index contributed by atoms with van der Waals surface area (Å²) in [4.78, 5) is 15.5. The average Bonchev–Trinajstić information content (AvgIpc) is 2.85. The summed E-state index contributed by atoms with van der Waals surface area (Å²) in [5.41, 5.74) is 1.56. The number of hydrogen-bond acceptors (Lipinski definition) is 4. The van der Waals surface area contributed by atoms with Crippen LogP contribution >= 0.6 is 23.2 Å². The first kappa shape index (κ1) is 12.2. The van der Waals surface area contributed by atoms with Gasteiger partial charge in [0.1, 0.15) is 11.5 Å². The van der Waals surface area contributed by atoms with Crippen LogP contribution in [0.5, 0.6) is 0 Å². The molecule has 0 aliphatic carbocycles. The number of pyridine rings is 1. The van der Waals surface area contributed by atoms with Gasteiger partial charge in [0.15, 0.2) is 0 Å². The summed E-state index contributed by atoms with van der Waals surface area (Å²) in [6, 6.07) is 5.54. The molecule has 3 aromatic heterocycles. The second-order valence-corrected chi connectivity index (χ2v) is 4.68. The van der Waals surface area contributed by atoms with Crippen LogP contribution in [0.2, 0.25) is 10.3 Å². The van der Waals surface area contributed by atoms with Gasteiger partial charge < -0.3 is 10.3 Å². The van der Waals surface area contributed by atoms with Crippen molar-refractivity contribution in [3.05, 3.63) is 46.6 Å². The highest BCUT2D eigenvalue weighted by Gasteiger charge is 2.07. The second-order valence-electron chi connectivity index (χ2n) is 3.90. The molecule has 0 unspecified atom stereocenters. The van der Waals surface area contributed by atoms with Crippen molar-refractivity contribution in [2.45, 2.75) is 6.54 Å². The van der Waals surface area contributed by atoms with Crippen LogP contribution in [0.1, 0.15) is 5.69 Å². The van der Waals surface area contributed by atoms with Gasteiger partial charge in [-0.15, -0.1) is 0 Å². The number of nitrogens with one attached hydrogen (secondary N) is 2. The predicted molar refractivity (Wildman–Crippen MR) is 75.5 cm³/mol. The quantitative estimate of drug-likeness (QED) is 0.727.